The van der Waals surface area contributed by atoms with Gasteiger partial charge in [-0.15, -0.1) is 0 Å². The van der Waals surface area contributed by atoms with Gasteiger partial charge in [0.2, 0.25) is 0 Å². The number of pyridine rings is 1. The lowest BCUT2D eigenvalue weighted by Crippen LogP contribution is -2.02. The molecule has 0 atom stereocenters. The molecule has 0 radical (unpaired) electrons. The zero-order chi connectivity index (χ0) is 11.7. The van der Waals surface area contributed by atoms with E-state index >= 15 is 0 Å². The number of halogens is 1. The Hall–Kier alpha value is -1.86. The summed E-state index contributed by atoms with van der Waals surface area (Å²) in [5.41, 5.74) is 2.33. The lowest BCUT2D eigenvalue weighted by atomic mass is 10.3. The number of hydrogen-bond acceptors (Lipinski definition) is 3. The summed E-state index contributed by atoms with van der Waals surface area (Å²) in [6.45, 7) is 3.83. The first-order valence-electron chi connectivity index (χ1n) is 4.71. The van der Waals surface area contributed by atoms with E-state index in [-0.39, 0.29) is 0 Å². The van der Waals surface area contributed by atoms with Crippen LogP contribution in [0.15, 0.2) is 18.2 Å². The summed E-state index contributed by atoms with van der Waals surface area (Å²) in [6, 6.07) is 7.16. The van der Waals surface area contributed by atoms with Crippen LogP contribution in [0.3, 0.4) is 0 Å². The van der Waals surface area contributed by atoms with E-state index in [0.717, 1.165) is 11.4 Å². The topological polar surface area (TPSA) is 54.5 Å². The molecule has 2 aromatic heterocycles. The number of aryl methyl sites for hydroxylation is 2. The van der Waals surface area contributed by atoms with Gasteiger partial charge in [0.25, 0.3) is 0 Å². The predicted octanol–water partition coefficient (Wildman–Crippen LogP) is 2.41. The average molecular weight is 233 g/mol. The van der Waals surface area contributed by atoms with Gasteiger partial charge in [0.15, 0.2) is 5.82 Å². The van der Waals surface area contributed by atoms with E-state index in [1.54, 1.807) is 10.7 Å². The standard InChI is InChI=1S/C11H9ClN4/c1-7-3-8(2)16(15-7)11-5-9(6-13)4-10(12)14-11/h3-5H,1-2H3. The summed E-state index contributed by atoms with van der Waals surface area (Å²) >= 11 is 5.83. The lowest BCUT2D eigenvalue weighted by Gasteiger charge is -2.03. The number of rotatable bonds is 1. The number of hydrogen-bond donors (Lipinski definition) is 0. The molecule has 0 saturated heterocycles. The molecule has 0 aromatic carbocycles. The summed E-state index contributed by atoms with van der Waals surface area (Å²) in [7, 11) is 0. The molecule has 0 bridgehead atoms. The Kier molecular flexibility index (Phi) is 2.63. The van der Waals surface area contributed by atoms with Gasteiger partial charge < -0.3 is 0 Å². The first-order valence-corrected chi connectivity index (χ1v) is 5.09. The Morgan fingerprint density at radius 2 is 2.06 bits per heavy atom. The van der Waals surface area contributed by atoms with Crippen molar-refractivity contribution in [1.82, 2.24) is 14.8 Å². The normalized spacial score (nSPS) is 10.1. The Balaban J connectivity index is 2.60. The van der Waals surface area contributed by atoms with Gasteiger partial charge in [0.1, 0.15) is 5.15 Å². The van der Waals surface area contributed by atoms with Crippen LogP contribution in [0, 0.1) is 25.2 Å². The van der Waals surface area contributed by atoms with Crippen LogP contribution in [0.4, 0.5) is 0 Å². The molecule has 0 saturated carbocycles. The van der Waals surface area contributed by atoms with Crippen LogP contribution >= 0.6 is 11.6 Å². The van der Waals surface area contributed by atoms with E-state index in [9.17, 15) is 0 Å². The van der Waals surface area contributed by atoms with Gasteiger partial charge in [-0.1, -0.05) is 11.6 Å². The fourth-order valence-corrected chi connectivity index (χ4v) is 1.72. The van der Waals surface area contributed by atoms with Crippen LogP contribution in [-0.2, 0) is 0 Å². The fraction of sp³-hybridized carbons (Fsp3) is 0.182. The maximum Gasteiger partial charge on any atom is 0.156 e. The van der Waals surface area contributed by atoms with Gasteiger partial charge in [-0.05, 0) is 26.0 Å². The molecule has 2 aromatic rings. The molecule has 4 nitrogen and oxygen atoms in total. The van der Waals surface area contributed by atoms with Crippen LogP contribution in [0.1, 0.15) is 17.0 Å². The van der Waals surface area contributed by atoms with E-state index in [4.69, 9.17) is 16.9 Å². The average Bonchev–Trinajstić information content (AvgIpc) is 2.57. The van der Waals surface area contributed by atoms with Crippen molar-refractivity contribution in [3.05, 3.63) is 40.3 Å². The quantitative estimate of drug-likeness (QED) is 0.710. The third kappa shape index (κ3) is 1.90. The SMILES string of the molecule is Cc1cc(C)n(-c2cc(C#N)cc(Cl)n2)n1. The van der Waals surface area contributed by atoms with Crippen molar-refractivity contribution in [2.24, 2.45) is 0 Å². The van der Waals surface area contributed by atoms with Crippen molar-refractivity contribution >= 4 is 11.6 Å². The van der Waals surface area contributed by atoms with E-state index in [2.05, 4.69) is 10.1 Å². The van der Waals surface area contributed by atoms with E-state index in [1.165, 1.54) is 6.07 Å². The second kappa shape index (κ2) is 3.95. The smallest absolute Gasteiger partial charge is 0.156 e. The maximum atomic E-state index is 8.84. The molecule has 0 unspecified atom stereocenters. The molecule has 2 heterocycles. The Labute approximate surface area is 98.1 Å². The molecular formula is C11H9ClN4. The van der Waals surface area contributed by atoms with Crippen LogP contribution < -0.4 is 0 Å². The van der Waals surface area contributed by atoms with Crippen molar-refractivity contribution in [2.75, 3.05) is 0 Å². The molecule has 0 spiro atoms. The highest BCUT2D eigenvalue weighted by atomic mass is 35.5. The first-order chi connectivity index (χ1) is 7.60. The van der Waals surface area contributed by atoms with Gasteiger partial charge >= 0.3 is 0 Å². The minimum atomic E-state index is 0.293. The van der Waals surface area contributed by atoms with Gasteiger partial charge in [-0.2, -0.15) is 10.4 Å². The van der Waals surface area contributed by atoms with E-state index in [0.29, 0.717) is 16.5 Å². The fourth-order valence-electron chi connectivity index (χ4n) is 1.52. The van der Waals surface area contributed by atoms with Crippen molar-refractivity contribution in [3.8, 4) is 11.9 Å². The zero-order valence-electron chi connectivity index (χ0n) is 8.90. The molecule has 0 fully saturated rings. The molecule has 2 rings (SSSR count). The number of nitrogens with zero attached hydrogens (tertiary/aromatic N) is 4. The largest absolute Gasteiger partial charge is 0.219 e. The van der Waals surface area contributed by atoms with Gasteiger partial charge in [0, 0.05) is 11.8 Å². The molecule has 0 N–H and O–H groups in total. The molecular weight excluding hydrogens is 224 g/mol. The molecule has 0 aliphatic carbocycles. The minimum Gasteiger partial charge on any atom is -0.219 e. The maximum absolute atomic E-state index is 8.84. The molecule has 5 heteroatoms. The predicted molar refractivity (Wildman–Crippen MR) is 60.6 cm³/mol. The Morgan fingerprint density at radius 3 is 2.62 bits per heavy atom. The summed E-state index contributed by atoms with van der Waals surface area (Å²) in [6.07, 6.45) is 0. The molecule has 16 heavy (non-hydrogen) atoms. The summed E-state index contributed by atoms with van der Waals surface area (Å²) in [4.78, 5) is 4.14. The monoisotopic (exact) mass is 232 g/mol. The van der Waals surface area contributed by atoms with Gasteiger partial charge in [-0.3, -0.25) is 0 Å². The van der Waals surface area contributed by atoms with Crippen LogP contribution in [0.25, 0.3) is 5.82 Å². The van der Waals surface area contributed by atoms with Crippen molar-refractivity contribution in [3.63, 3.8) is 0 Å². The van der Waals surface area contributed by atoms with Crippen molar-refractivity contribution in [2.45, 2.75) is 13.8 Å². The molecule has 0 amide bonds. The van der Waals surface area contributed by atoms with Gasteiger partial charge in [0.05, 0.1) is 17.3 Å². The highest BCUT2D eigenvalue weighted by Gasteiger charge is 2.07. The van der Waals surface area contributed by atoms with E-state index < -0.39 is 0 Å². The summed E-state index contributed by atoms with van der Waals surface area (Å²) < 4.78 is 1.67. The molecule has 80 valence electrons. The number of nitriles is 1. The summed E-state index contributed by atoms with van der Waals surface area (Å²) in [5.74, 6) is 0.564. The Morgan fingerprint density at radius 1 is 1.31 bits per heavy atom. The van der Waals surface area contributed by atoms with Crippen LogP contribution in [0.2, 0.25) is 5.15 Å². The van der Waals surface area contributed by atoms with Crippen molar-refractivity contribution in [1.29, 1.82) is 5.26 Å². The van der Waals surface area contributed by atoms with E-state index in [1.807, 2.05) is 26.0 Å². The third-order valence-electron chi connectivity index (χ3n) is 2.14. The highest BCUT2D eigenvalue weighted by molar-refractivity contribution is 6.29. The molecule has 0 aliphatic heterocycles. The second-order valence-corrected chi connectivity index (χ2v) is 3.87. The number of aromatic nitrogens is 3. The Bertz CT molecular complexity index is 580. The van der Waals surface area contributed by atoms with Crippen LogP contribution in [-0.4, -0.2) is 14.8 Å². The minimum absolute atomic E-state index is 0.293. The third-order valence-corrected chi connectivity index (χ3v) is 2.33. The first kappa shape index (κ1) is 10.7. The van der Waals surface area contributed by atoms with Crippen molar-refractivity contribution < 1.29 is 0 Å². The lowest BCUT2D eigenvalue weighted by molar-refractivity contribution is 0.806. The van der Waals surface area contributed by atoms with Crippen LogP contribution in [0.5, 0.6) is 0 Å². The second-order valence-electron chi connectivity index (χ2n) is 3.49. The zero-order valence-corrected chi connectivity index (χ0v) is 9.65. The summed E-state index contributed by atoms with van der Waals surface area (Å²) in [5, 5.41) is 13.4. The highest BCUT2D eigenvalue weighted by Crippen LogP contribution is 2.15. The molecule has 0 aliphatic rings. The van der Waals surface area contributed by atoms with Gasteiger partial charge in [-0.25, -0.2) is 9.67 Å².